The van der Waals surface area contributed by atoms with Crippen molar-refractivity contribution < 1.29 is 17.2 Å². The molecule has 4 nitrogen and oxygen atoms in total. The quantitative estimate of drug-likeness (QED) is 0.934. The van der Waals surface area contributed by atoms with Crippen LogP contribution in [0.1, 0.15) is 5.56 Å². The van der Waals surface area contributed by atoms with Gasteiger partial charge in [-0.25, -0.2) is 22.2 Å². The van der Waals surface area contributed by atoms with E-state index < -0.39 is 27.2 Å². The lowest BCUT2D eigenvalue weighted by molar-refractivity contribution is 0.568. The molecule has 0 saturated carbocycles. The average Bonchev–Trinajstić information content (AvgIpc) is 2.33. The van der Waals surface area contributed by atoms with E-state index >= 15 is 0 Å². The molecule has 7 heteroatoms. The molecular formula is C12H10F2N2O2S. The Morgan fingerprint density at radius 3 is 2.58 bits per heavy atom. The molecule has 2 rings (SSSR count). The van der Waals surface area contributed by atoms with Gasteiger partial charge in [0.15, 0.2) is 5.03 Å². The molecular weight excluding hydrogens is 274 g/mol. The summed E-state index contributed by atoms with van der Waals surface area (Å²) in [5, 5.41) is -0.307. The molecule has 0 spiro atoms. The first kappa shape index (κ1) is 13.4. The van der Waals surface area contributed by atoms with Gasteiger partial charge in [0.2, 0.25) is 9.84 Å². The zero-order chi connectivity index (χ0) is 14.0. The van der Waals surface area contributed by atoms with Gasteiger partial charge in [0, 0.05) is 17.8 Å². The van der Waals surface area contributed by atoms with Crippen molar-refractivity contribution >= 4 is 15.5 Å². The Morgan fingerprint density at radius 1 is 1.21 bits per heavy atom. The second-order valence-electron chi connectivity index (χ2n) is 3.89. The summed E-state index contributed by atoms with van der Waals surface area (Å²) in [4.78, 5) is 3.68. The van der Waals surface area contributed by atoms with Crippen LogP contribution >= 0.6 is 0 Å². The number of nitrogens with zero attached hydrogens (tertiary/aromatic N) is 1. The summed E-state index contributed by atoms with van der Waals surface area (Å²) in [6.45, 7) is 0. The molecule has 0 radical (unpaired) electrons. The number of benzene rings is 1. The van der Waals surface area contributed by atoms with Gasteiger partial charge in [-0.3, -0.25) is 0 Å². The second-order valence-corrected chi connectivity index (χ2v) is 5.80. The molecule has 2 N–H and O–H groups in total. The summed E-state index contributed by atoms with van der Waals surface area (Å²) in [5.74, 6) is -2.31. The van der Waals surface area contributed by atoms with Gasteiger partial charge >= 0.3 is 0 Å². The van der Waals surface area contributed by atoms with Crippen LogP contribution in [-0.4, -0.2) is 13.4 Å². The molecule has 1 aromatic heterocycles. The Balaban J connectivity index is 2.40. The number of hydrogen-bond acceptors (Lipinski definition) is 4. The molecule has 0 bridgehead atoms. The monoisotopic (exact) mass is 284 g/mol. The summed E-state index contributed by atoms with van der Waals surface area (Å²) in [5.41, 5.74) is 5.38. The van der Waals surface area contributed by atoms with Crippen molar-refractivity contribution in [1.29, 1.82) is 0 Å². The van der Waals surface area contributed by atoms with E-state index in [9.17, 15) is 17.2 Å². The highest BCUT2D eigenvalue weighted by molar-refractivity contribution is 7.90. The lowest BCUT2D eigenvalue weighted by Gasteiger charge is -2.07. The number of nitrogen functional groups attached to an aromatic ring is 1. The van der Waals surface area contributed by atoms with Crippen LogP contribution in [-0.2, 0) is 15.6 Å². The number of rotatable bonds is 3. The van der Waals surface area contributed by atoms with Crippen LogP contribution in [0.5, 0.6) is 0 Å². The highest BCUT2D eigenvalue weighted by Gasteiger charge is 2.21. The summed E-state index contributed by atoms with van der Waals surface area (Å²) in [6.07, 6.45) is 1.28. The molecule has 0 aliphatic carbocycles. The molecule has 2 aromatic rings. The van der Waals surface area contributed by atoms with Gasteiger partial charge in [0.1, 0.15) is 11.6 Å². The minimum Gasteiger partial charge on any atom is -0.396 e. The maximum absolute atomic E-state index is 13.4. The Kier molecular flexibility index (Phi) is 3.48. The van der Waals surface area contributed by atoms with Crippen molar-refractivity contribution in [2.24, 2.45) is 0 Å². The van der Waals surface area contributed by atoms with E-state index in [1.807, 2.05) is 0 Å². The third kappa shape index (κ3) is 2.87. The fraction of sp³-hybridized carbons (Fsp3) is 0.0833. The fourth-order valence-corrected chi connectivity index (χ4v) is 3.00. The first-order chi connectivity index (χ1) is 8.90. The normalized spacial score (nSPS) is 11.5. The van der Waals surface area contributed by atoms with Crippen LogP contribution < -0.4 is 5.73 Å². The van der Waals surface area contributed by atoms with Gasteiger partial charge in [0.05, 0.1) is 11.4 Å². The minimum absolute atomic E-state index is 0.00924. The smallest absolute Gasteiger partial charge is 0.201 e. The van der Waals surface area contributed by atoms with E-state index in [1.54, 1.807) is 0 Å². The van der Waals surface area contributed by atoms with Crippen molar-refractivity contribution in [3.63, 3.8) is 0 Å². The first-order valence-corrected chi connectivity index (χ1v) is 6.92. The van der Waals surface area contributed by atoms with Crippen molar-refractivity contribution in [3.05, 3.63) is 53.7 Å². The fourth-order valence-electron chi connectivity index (χ4n) is 1.57. The summed E-state index contributed by atoms with van der Waals surface area (Å²) < 4.78 is 50.3. The van der Waals surface area contributed by atoms with Gasteiger partial charge in [-0.1, -0.05) is 6.07 Å². The predicted molar refractivity (Wildman–Crippen MR) is 65.9 cm³/mol. The van der Waals surface area contributed by atoms with Crippen LogP contribution in [0.3, 0.4) is 0 Å². The van der Waals surface area contributed by atoms with Crippen molar-refractivity contribution in [3.8, 4) is 0 Å². The van der Waals surface area contributed by atoms with Gasteiger partial charge in [-0.15, -0.1) is 0 Å². The number of hydrogen-bond donors (Lipinski definition) is 1. The SMILES string of the molecule is Nc1cccnc1S(=O)(=O)Cc1ccc(F)cc1F. The van der Waals surface area contributed by atoms with E-state index in [1.165, 1.54) is 18.3 Å². The highest BCUT2D eigenvalue weighted by Crippen LogP contribution is 2.21. The molecule has 1 aromatic carbocycles. The Bertz CT molecular complexity index is 717. The molecule has 0 unspecified atom stereocenters. The van der Waals surface area contributed by atoms with Crippen molar-refractivity contribution in [2.75, 3.05) is 5.73 Å². The number of sulfone groups is 1. The van der Waals surface area contributed by atoms with Crippen molar-refractivity contribution in [1.82, 2.24) is 4.98 Å². The highest BCUT2D eigenvalue weighted by atomic mass is 32.2. The number of halogens is 2. The van der Waals surface area contributed by atoms with Gasteiger partial charge in [-0.05, 0) is 18.2 Å². The molecule has 19 heavy (non-hydrogen) atoms. The van der Waals surface area contributed by atoms with E-state index in [4.69, 9.17) is 5.73 Å². The topological polar surface area (TPSA) is 73.0 Å². The lowest BCUT2D eigenvalue weighted by atomic mass is 10.2. The number of nitrogens with two attached hydrogens (primary N) is 1. The van der Waals surface area contributed by atoms with Crippen LogP contribution in [0.25, 0.3) is 0 Å². The maximum Gasteiger partial charge on any atom is 0.201 e. The Labute approximate surface area is 108 Å². The average molecular weight is 284 g/mol. The number of pyridine rings is 1. The number of anilines is 1. The molecule has 0 fully saturated rings. The van der Waals surface area contributed by atoms with Gasteiger partial charge < -0.3 is 5.73 Å². The molecule has 100 valence electrons. The summed E-state index contributed by atoms with van der Waals surface area (Å²) in [6, 6.07) is 5.59. The second kappa shape index (κ2) is 4.93. The third-order valence-corrected chi connectivity index (χ3v) is 4.08. The number of aromatic nitrogens is 1. The molecule has 0 atom stereocenters. The predicted octanol–water partition coefficient (Wildman–Crippen LogP) is 1.92. The molecule has 0 amide bonds. The van der Waals surface area contributed by atoms with Crippen LogP contribution in [0, 0.1) is 11.6 Å². The van der Waals surface area contributed by atoms with Crippen molar-refractivity contribution in [2.45, 2.75) is 10.8 Å². The zero-order valence-electron chi connectivity index (χ0n) is 9.68. The molecule has 0 aliphatic rings. The molecule has 1 heterocycles. The maximum atomic E-state index is 13.4. The third-order valence-electron chi connectivity index (χ3n) is 2.46. The lowest BCUT2D eigenvalue weighted by Crippen LogP contribution is -2.11. The Hall–Kier alpha value is -2.02. The summed E-state index contributed by atoms with van der Waals surface area (Å²) in [7, 11) is -3.88. The van der Waals surface area contributed by atoms with Crippen LogP contribution in [0.4, 0.5) is 14.5 Å². The molecule has 0 saturated heterocycles. The van der Waals surface area contributed by atoms with Gasteiger partial charge in [0.25, 0.3) is 0 Å². The molecule has 0 aliphatic heterocycles. The zero-order valence-corrected chi connectivity index (χ0v) is 10.5. The van der Waals surface area contributed by atoms with Gasteiger partial charge in [-0.2, -0.15) is 0 Å². The standard InChI is InChI=1S/C12H10F2N2O2S/c13-9-4-3-8(10(14)6-9)7-19(17,18)12-11(15)2-1-5-16-12/h1-6H,7,15H2. The summed E-state index contributed by atoms with van der Waals surface area (Å²) >= 11 is 0. The van der Waals surface area contributed by atoms with Crippen LogP contribution in [0.15, 0.2) is 41.6 Å². The van der Waals surface area contributed by atoms with E-state index in [0.29, 0.717) is 6.07 Å². The largest absolute Gasteiger partial charge is 0.396 e. The van der Waals surface area contributed by atoms with E-state index in [0.717, 1.165) is 12.1 Å². The minimum atomic E-state index is -3.88. The first-order valence-electron chi connectivity index (χ1n) is 5.27. The Morgan fingerprint density at radius 2 is 1.95 bits per heavy atom. The van der Waals surface area contributed by atoms with E-state index in [2.05, 4.69) is 4.98 Å². The van der Waals surface area contributed by atoms with Crippen LogP contribution in [0.2, 0.25) is 0 Å². The van der Waals surface area contributed by atoms with E-state index in [-0.39, 0.29) is 16.3 Å².